The van der Waals surface area contributed by atoms with E-state index in [-0.39, 0.29) is 12.1 Å². The van der Waals surface area contributed by atoms with Crippen molar-refractivity contribution in [1.29, 1.82) is 0 Å². The molecule has 2 aromatic rings. The number of hydrogen-bond acceptors (Lipinski definition) is 5. The largest absolute Gasteiger partial charge is 0.478 e. The van der Waals surface area contributed by atoms with Crippen LogP contribution in [0.5, 0.6) is 5.88 Å². The summed E-state index contributed by atoms with van der Waals surface area (Å²) in [6.45, 7) is 5.48. The third kappa shape index (κ3) is 5.72. The number of ether oxygens (including phenoxy) is 1. The fraction of sp³-hybridized carbons (Fsp3) is 0.500. The number of rotatable bonds is 8. The number of carbonyl (C=O) groups is 1. The van der Waals surface area contributed by atoms with Crippen LogP contribution >= 0.6 is 0 Å². The van der Waals surface area contributed by atoms with Gasteiger partial charge in [-0.1, -0.05) is 6.42 Å². The summed E-state index contributed by atoms with van der Waals surface area (Å²) in [7, 11) is 0. The molecule has 1 aliphatic rings. The van der Waals surface area contributed by atoms with Crippen molar-refractivity contribution in [2.45, 2.75) is 38.8 Å². The zero-order valence-corrected chi connectivity index (χ0v) is 15.8. The molecule has 0 aliphatic carbocycles. The van der Waals surface area contributed by atoms with Crippen LogP contribution in [-0.2, 0) is 6.54 Å². The minimum absolute atomic E-state index is 0.0662. The molecule has 1 unspecified atom stereocenters. The molecule has 0 saturated carbocycles. The van der Waals surface area contributed by atoms with Gasteiger partial charge in [-0.2, -0.15) is 0 Å². The lowest BCUT2D eigenvalue weighted by Gasteiger charge is -2.33. The van der Waals surface area contributed by atoms with Gasteiger partial charge in [-0.15, -0.1) is 0 Å². The highest BCUT2D eigenvalue weighted by Crippen LogP contribution is 2.24. The monoisotopic (exact) mass is 372 g/mol. The minimum atomic E-state index is -0.196. The van der Waals surface area contributed by atoms with Crippen molar-refractivity contribution in [3.63, 3.8) is 0 Å². The molecule has 3 heterocycles. The van der Waals surface area contributed by atoms with Gasteiger partial charge < -0.3 is 19.8 Å². The van der Waals surface area contributed by atoms with E-state index in [9.17, 15) is 4.79 Å². The first kappa shape index (κ1) is 19.2. The van der Waals surface area contributed by atoms with Crippen LogP contribution in [0.1, 0.15) is 43.6 Å². The van der Waals surface area contributed by atoms with Crippen molar-refractivity contribution >= 4 is 6.03 Å². The van der Waals surface area contributed by atoms with E-state index in [1.165, 1.54) is 19.3 Å². The maximum Gasteiger partial charge on any atom is 0.315 e. The van der Waals surface area contributed by atoms with Gasteiger partial charge in [0.2, 0.25) is 5.88 Å². The van der Waals surface area contributed by atoms with Crippen molar-refractivity contribution in [2.75, 3.05) is 26.2 Å². The van der Waals surface area contributed by atoms with Gasteiger partial charge in [0.25, 0.3) is 0 Å². The quantitative estimate of drug-likeness (QED) is 0.744. The van der Waals surface area contributed by atoms with Crippen LogP contribution < -0.4 is 15.4 Å². The first-order valence-electron chi connectivity index (χ1n) is 9.63. The topological polar surface area (TPSA) is 79.6 Å². The molecule has 0 aromatic carbocycles. The number of hydrogen-bond donors (Lipinski definition) is 2. The fourth-order valence-corrected chi connectivity index (χ4v) is 3.34. The van der Waals surface area contributed by atoms with Gasteiger partial charge >= 0.3 is 6.03 Å². The molecule has 2 aromatic heterocycles. The van der Waals surface area contributed by atoms with Gasteiger partial charge in [0.05, 0.1) is 18.9 Å². The second kappa shape index (κ2) is 9.97. The van der Waals surface area contributed by atoms with E-state index in [2.05, 4.69) is 20.5 Å². The van der Waals surface area contributed by atoms with Crippen molar-refractivity contribution in [3.05, 3.63) is 48.0 Å². The second-order valence-electron chi connectivity index (χ2n) is 6.63. The number of pyridine rings is 1. The maximum absolute atomic E-state index is 12.3. The number of aromatic nitrogens is 1. The number of furan rings is 1. The molecule has 1 saturated heterocycles. The molecule has 146 valence electrons. The number of likely N-dealkylation sites (tertiary alicyclic amines) is 1. The second-order valence-corrected chi connectivity index (χ2v) is 6.63. The van der Waals surface area contributed by atoms with Gasteiger partial charge in [0.1, 0.15) is 5.76 Å². The lowest BCUT2D eigenvalue weighted by Crippen LogP contribution is -2.43. The Balaban J connectivity index is 1.51. The Bertz CT molecular complexity index is 699. The van der Waals surface area contributed by atoms with Crippen LogP contribution in [0, 0.1) is 0 Å². The molecule has 1 aliphatic heterocycles. The summed E-state index contributed by atoms with van der Waals surface area (Å²) >= 11 is 0. The Morgan fingerprint density at radius 3 is 2.89 bits per heavy atom. The summed E-state index contributed by atoms with van der Waals surface area (Å²) in [5.74, 6) is 1.47. The number of amides is 2. The first-order chi connectivity index (χ1) is 13.3. The van der Waals surface area contributed by atoms with Crippen LogP contribution in [0.4, 0.5) is 4.79 Å². The number of urea groups is 1. The maximum atomic E-state index is 12.3. The van der Waals surface area contributed by atoms with Crippen LogP contribution in [0.25, 0.3) is 0 Å². The smallest absolute Gasteiger partial charge is 0.315 e. The molecule has 7 heteroatoms. The molecule has 0 spiro atoms. The third-order valence-corrected chi connectivity index (χ3v) is 4.70. The summed E-state index contributed by atoms with van der Waals surface area (Å²) in [6, 6.07) is 7.44. The van der Waals surface area contributed by atoms with Crippen molar-refractivity contribution in [2.24, 2.45) is 0 Å². The summed E-state index contributed by atoms with van der Waals surface area (Å²) < 4.78 is 11.0. The van der Waals surface area contributed by atoms with Gasteiger partial charge in [0.15, 0.2) is 0 Å². The summed E-state index contributed by atoms with van der Waals surface area (Å²) in [6.07, 6.45) is 7.02. The van der Waals surface area contributed by atoms with Gasteiger partial charge in [-0.25, -0.2) is 9.78 Å². The predicted octanol–water partition coefficient (Wildman–Crippen LogP) is 3.10. The average Bonchev–Trinajstić information content (AvgIpc) is 3.22. The Labute approximate surface area is 160 Å². The highest BCUT2D eigenvalue weighted by atomic mass is 16.5. The van der Waals surface area contributed by atoms with Crippen LogP contribution in [0.2, 0.25) is 0 Å². The Hall–Kier alpha value is -2.54. The molecule has 1 atom stereocenters. The molecule has 0 radical (unpaired) electrons. The number of carbonyl (C=O) groups excluding carboxylic acids is 1. The number of piperidine rings is 1. The molecule has 1 fully saturated rings. The summed E-state index contributed by atoms with van der Waals surface area (Å²) in [5, 5.41) is 5.87. The van der Waals surface area contributed by atoms with Gasteiger partial charge in [-0.05, 0) is 56.6 Å². The van der Waals surface area contributed by atoms with Gasteiger partial charge in [0, 0.05) is 25.4 Å². The number of nitrogens with zero attached hydrogens (tertiary/aromatic N) is 2. The Morgan fingerprint density at radius 1 is 1.30 bits per heavy atom. The van der Waals surface area contributed by atoms with E-state index in [1.54, 1.807) is 12.5 Å². The zero-order valence-electron chi connectivity index (χ0n) is 15.8. The Kier molecular flexibility index (Phi) is 7.10. The highest BCUT2D eigenvalue weighted by molar-refractivity contribution is 5.73. The normalized spacial score (nSPS) is 15.9. The number of nitrogens with one attached hydrogen (secondary N) is 2. The van der Waals surface area contributed by atoms with Crippen LogP contribution in [-0.4, -0.2) is 42.2 Å². The molecule has 0 bridgehead atoms. The predicted molar refractivity (Wildman–Crippen MR) is 103 cm³/mol. The van der Waals surface area contributed by atoms with E-state index in [4.69, 9.17) is 9.15 Å². The van der Waals surface area contributed by atoms with Crippen molar-refractivity contribution in [1.82, 2.24) is 20.5 Å². The molecule has 3 rings (SSSR count). The molecule has 2 amide bonds. The summed E-state index contributed by atoms with van der Waals surface area (Å²) in [4.78, 5) is 18.8. The SMILES string of the molecule is CCOc1cc(CNC(=O)NCC(c2ccco2)N2CCCCC2)ccn1. The van der Waals surface area contributed by atoms with E-state index in [0.717, 1.165) is 24.4 Å². The van der Waals surface area contributed by atoms with E-state index < -0.39 is 0 Å². The van der Waals surface area contributed by atoms with Crippen molar-refractivity contribution < 1.29 is 13.9 Å². The lowest BCUT2D eigenvalue weighted by atomic mass is 10.1. The van der Waals surface area contributed by atoms with E-state index >= 15 is 0 Å². The molecular formula is C20H28N4O3. The fourth-order valence-electron chi connectivity index (χ4n) is 3.34. The lowest BCUT2D eigenvalue weighted by molar-refractivity contribution is 0.143. The molecule has 2 N–H and O–H groups in total. The highest BCUT2D eigenvalue weighted by Gasteiger charge is 2.24. The van der Waals surface area contributed by atoms with Crippen molar-refractivity contribution in [3.8, 4) is 5.88 Å². The first-order valence-corrected chi connectivity index (χ1v) is 9.63. The minimum Gasteiger partial charge on any atom is -0.478 e. The van der Waals surface area contributed by atoms with E-state index in [1.807, 2.05) is 31.2 Å². The molecule has 7 nitrogen and oxygen atoms in total. The van der Waals surface area contributed by atoms with Gasteiger partial charge in [-0.3, -0.25) is 4.90 Å². The van der Waals surface area contributed by atoms with Crippen LogP contribution in [0.3, 0.4) is 0 Å². The Morgan fingerprint density at radius 2 is 2.15 bits per heavy atom. The molecular weight excluding hydrogens is 344 g/mol. The molecule has 27 heavy (non-hydrogen) atoms. The average molecular weight is 372 g/mol. The zero-order chi connectivity index (χ0) is 18.9. The van der Waals surface area contributed by atoms with Crippen LogP contribution in [0.15, 0.2) is 41.1 Å². The summed E-state index contributed by atoms with van der Waals surface area (Å²) in [5.41, 5.74) is 0.946. The standard InChI is InChI=1S/C20H28N4O3/c1-2-26-19-13-16(8-9-21-19)14-22-20(25)23-15-17(18-7-6-12-27-18)24-10-4-3-5-11-24/h6-9,12-13,17H,2-5,10-11,14-15H2,1H3,(H2,22,23,25). The van der Waals surface area contributed by atoms with E-state index in [0.29, 0.717) is 25.6 Å². The third-order valence-electron chi connectivity index (χ3n) is 4.70.